The van der Waals surface area contributed by atoms with E-state index in [2.05, 4.69) is 16.2 Å². The van der Waals surface area contributed by atoms with Crippen LogP contribution in [0, 0.1) is 0 Å². The average Bonchev–Trinajstić information content (AvgIpc) is 3.42. The van der Waals surface area contributed by atoms with Crippen molar-refractivity contribution in [1.82, 2.24) is 15.0 Å². The predicted octanol–water partition coefficient (Wildman–Crippen LogP) is 6.00. The number of carbonyl (C=O) groups is 1. The van der Waals surface area contributed by atoms with Crippen molar-refractivity contribution < 1.29 is 27.6 Å². The van der Waals surface area contributed by atoms with Crippen LogP contribution < -0.4 is 0 Å². The molecule has 1 aliphatic carbocycles. The molecule has 4 rings (SSSR count). The number of alkyl halides is 3. The average molecular weight is 435 g/mol. The molecule has 9 heteroatoms. The molecule has 1 atom stereocenters. The Labute approximate surface area is 177 Å². The highest BCUT2D eigenvalue weighted by atomic mass is 19.4. The molecule has 2 aliphatic rings. The molecular weight excluding hydrogens is 411 g/mol. The van der Waals surface area contributed by atoms with Crippen LogP contribution in [0.2, 0.25) is 0 Å². The first kappa shape index (κ1) is 21.4. The number of likely N-dealkylation sites (tertiary alicyclic amines) is 1. The second-order valence-corrected chi connectivity index (χ2v) is 8.07. The summed E-state index contributed by atoms with van der Waals surface area (Å²) in [7, 11) is 0. The fourth-order valence-electron chi connectivity index (χ4n) is 4.36. The van der Waals surface area contributed by atoms with Crippen molar-refractivity contribution in [3.8, 4) is 11.4 Å². The minimum absolute atomic E-state index is 0.0271. The van der Waals surface area contributed by atoms with Gasteiger partial charge in [-0.25, -0.2) is 4.79 Å². The molecule has 0 radical (unpaired) electrons. The van der Waals surface area contributed by atoms with Crippen molar-refractivity contribution in [2.45, 2.75) is 63.6 Å². The molecule has 1 saturated heterocycles. The molecule has 31 heavy (non-hydrogen) atoms. The Kier molecular flexibility index (Phi) is 6.02. The van der Waals surface area contributed by atoms with Crippen molar-refractivity contribution >= 4 is 6.09 Å². The van der Waals surface area contributed by atoms with E-state index in [1.165, 1.54) is 16.5 Å². The lowest BCUT2D eigenvalue weighted by molar-refractivity contribution is -0.138. The fourth-order valence-corrected chi connectivity index (χ4v) is 4.36. The highest BCUT2D eigenvalue weighted by molar-refractivity contribution is 5.66. The van der Waals surface area contributed by atoms with E-state index in [9.17, 15) is 23.1 Å². The lowest BCUT2D eigenvalue weighted by atomic mass is 9.92. The standard InChI is InChI=1S/C22H24F3N3O3/c23-22(24,25)17-13-16(11-10-15(17)9-8-14-5-2-1-3-6-14)19-26-20(31-27-19)18-7-4-12-28(18)21(29)30/h5,10-11,13,18H,1-4,6-9,12H2,(H,29,30)/t18-/m0/s1. The molecule has 2 aromatic rings. The van der Waals surface area contributed by atoms with Gasteiger partial charge < -0.3 is 9.63 Å². The summed E-state index contributed by atoms with van der Waals surface area (Å²) in [5.41, 5.74) is 0.980. The molecule has 166 valence electrons. The number of hydrogen-bond donors (Lipinski definition) is 1. The molecule has 1 aromatic heterocycles. The largest absolute Gasteiger partial charge is 0.465 e. The molecule has 2 heterocycles. The maximum atomic E-state index is 13.7. The molecule has 1 aliphatic heterocycles. The summed E-state index contributed by atoms with van der Waals surface area (Å²) in [6.07, 6.45) is 2.92. The van der Waals surface area contributed by atoms with E-state index in [0.717, 1.165) is 31.7 Å². The number of aryl methyl sites for hydroxylation is 1. The second kappa shape index (κ2) is 8.72. The zero-order valence-corrected chi connectivity index (χ0v) is 17.0. The molecule has 0 spiro atoms. The quantitative estimate of drug-likeness (QED) is 0.583. The number of benzene rings is 1. The number of allylic oxidation sites excluding steroid dienone is 2. The van der Waals surface area contributed by atoms with Crippen LogP contribution >= 0.6 is 0 Å². The lowest BCUT2D eigenvalue weighted by Crippen LogP contribution is -2.28. The van der Waals surface area contributed by atoms with Crippen LogP contribution in [0.1, 0.15) is 68.0 Å². The van der Waals surface area contributed by atoms with Crippen LogP contribution in [0.4, 0.5) is 18.0 Å². The Morgan fingerprint density at radius 2 is 2.06 bits per heavy atom. The van der Waals surface area contributed by atoms with Crippen molar-refractivity contribution in [2.24, 2.45) is 0 Å². The predicted molar refractivity (Wildman–Crippen MR) is 106 cm³/mol. The Balaban J connectivity index is 1.57. The summed E-state index contributed by atoms with van der Waals surface area (Å²) >= 11 is 0. The van der Waals surface area contributed by atoms with Gasteiger partial charge in [0, 0.05) is 12.1 Å². The molecule has 6 nitrogen and oxygen atoms in total. The van der Waals surface area contributed by atoms with Gasteiger partial charge in [0.2, 0.25) is 11.7 Å². The van der Waals surface area contributed by atoms with Crippen LogP contribution in [-0.2, 0) is 12.6 Å². The molecule has 0 unspecified atom stereocenters. The van der Waals surface area contributed by atoms with Crippen molar-refractivity contribution in [3.63, 3.8) is 0 Å². The number of nitrogens with zero attached hydrogens (tertiary/aromatic N) is 3. The summed E-state index contributed by atoms with van der Waals surface area (Å²) in [6, 6.07) is 3.54. The normalized spacial score (nSPS) is 19.5. The van der Waals surface area contributed by atoms with E-state index in [4.69, 9.17) is 4.52 Å². The van der Waals surface area contributed by atoms with Crippen LogP contribution in [0.3, 0.4) is 0 Å². The van der Waals surface area contributed by atoms with Crippen molar-refractivity contribution in [3.05, 3.63) is 46.9 Å². The summed E-state index contributed by atoms with van der Waals surface area (Å²) in [6.45, 7) is 0.362. The molecule has 1 fully saturated rings. The van der Waals surface area contributed by atoms with Crippen molar-refractivity contribution in [1.29, 1.82) is 0 Å². The molecular formula is C22H24F3N3O3. The van der Waals surface area contributed by atoms with Crippen LogP contribution in [-0.4, -0.2) is 32.8 Å². The van der Waals surface area contributed by atoms with E-state index < -0.39 is 23.9 Å². The summed E-state index contributed by atoms with van der Waals surface area (Å²) in [5.74, 6) is 0.135. The van der Waals surface area contributed by atoms with Crippen molar-refractivity contribution in [2.75, 3.05) is 6.54 Å². The smallest absolute Gasteiger partial charge is 0.416 e. The third-order valence-electron chi connectivity index (χ3n) is 6.00. The Morgan fingerprint density at radius 1 is 1.23 bits per heavy atom. The highest BCUT2D eigenvalue weighted by Gasteiger charge is 2.36. The minimum atomic E-state index is -4.50. The minimum Gasteiger partial charge on any atom is -0.465 e. The SMILES string of the molecule is O=C(O)N1CCC[C@H]1c1nc(-c2ccc(CCC3=CCCCC3)c(C(F)(F)F)c2)no1. The Bertz CT molecular complexity index is 984. The summed E-state index contributed by atoms with van der Waals surface area (Å²) in [4.78, 5) is 16.8. The maximum Gasteiger partial charge on any atom is 0.416 e. The van der Waals surface area contributed by atoms with Gasteiger partial charge in [0.05, 0.1) is 5.56 Å². The lowest BCUT2D eigenvalue weighted by Gasteiger charge is -2.17. The van der Waals surface area contributed by atoms with Gasteiger partial charge in [-0.1, -0.05) is 28.9 Å². The Morgan fingerprint density at radius 3 is 2.77 bits per heavy atom. The van der Waals surface area contributed by atoms with Gasteiger partial charge >= 0.3 is 12.3 Å². The van der Waals surface area contributed by atoms with Crippen LogP contribution in [0.25, 0.3) is 11.4 Å². The number of rotatable bonds is 5. The first-order valence-electron chi connectivity index (χ1n) is 10.5. The van der Waals surface area contributed by atoms with E-state index in [0.29, 0.717) is 32.2 Å². The third-order valence-corrected chi connectivity index (χ3v) is 6.00. The van der Waals surface area contributed by atoms with E-state index in [-0.39, 0.29) is 22.8 Å². The van der Waals surface area contributed by atoms with Gasteiger partial charge in [-0.3, -0.25) is 4.90 Å². The molecule has 1 amide bonds. The van der Waals surface area contributed by atoms with Gasteiger partial charge in [-0.15, -0.1) is 0 Å². The molecule has 1 aromatic carbocycles. The maximum absolute atomic E-state index is 13.7. The van der Waals surface area contributed by atoms with Gasteiger partial charge in [0.25, 0.3) is 0 Å². The topological polar surface area (TPSA) is 79.5 Å². The molecule has 0 saturated carbocycles. The first-order chi connectivity index (χ1) is 14.8. The number of halogens is 3. The van der Waals surface area contributed by atoms with E-state index >= 15 is 0 Å². The van der Waals surface area contributed by atoms with Gasteiger partial charge in [-0.2, -0.15) is 18.2 Å². The first-order valence-corrected chi connectivity index (χ1v) is 10.5. The van der Waals surface area contributed by atoms with E-state index in [1.807, 2.05) is 0 Å². The van der Waals surface area contributed by atoms with Crippen LogP contribution in [0.15, 0.2) is 34.4 Å². The van der Waals surface area contributed by atoms with Crippen LogP contribution in [0.5, 0.6) is 0 Å². The van der Waals surface area contributed by atoms with E-state index in [1.54, 1.807) is 6.07 Å². The number of carboxylic acid groups (broad SMARTS) is 1. The monoisotopic (exact) mass is 435 g/mol. The second-order valence-electron chi connectivity index (χ2n) is 8.07. The van der Waals surface area contributed by atoms with Gasteiger partial charge in [-0.05, 0) is 63.0 Å². The molecule has 0 bridgehead atoms. The number of aromatic nitrogens is 2. The zero-order chi connectivity index (χ0) is 22.0. The summed E-state index contributed by atoms with van der Waals surface area (Å²) in [5, 5.41) is 13.1. The zero-order valence-electron chi connectivity index (χ0n) is 17.0. The fraction of sp³-hybridized carbons (Fsp3) is 0.500. The summed E-state index contributed by atoms with van der Waals surface area (Å²) < 4.78 is 46.5. The van der Waals surface area contributed by atoms with Gasteiger partial charge in [0.1, 0.15) is 6.04 Å². The number of hydrogen-bond acceptors (Lipinski definition) is 4. The molecule has 1 N–H and O–H groups in total. The Hall–Kier alpha value is -2.84. The number of amides is 1. The highest BCUT2D eigenvalue weighted by Crippen LogP contribution is 2.37. The third kappa shape index (κ3) is 4.75. The van der Waals surface area contributed by atoms with Gasteiger partial charge in [0.15, 0.2) is 0 Å².